The Hall–Kier alpha value is -0.520. The van der Waals surface area contributed by atoms with Gasteiger partial charge in [0.05, 0.1) is 13.7 Å². The van der Waals surface area contributed by atoms with Crippen LogP contribution in [0.3, 0.4) is 0 Å². The first-order chi connectivity index (χ1) is 9.67. The number of rotatable bonds is 8. The summed E-state index contributed by atoms with van der Waals surface area (Å²) in [5.74, 6) is -1.03. The average molecular weight is 306 g/mol. The van der Waals surface area contributed by atoms with Gasteiger partial charge in [-0.3, -0.25) is 0 Å². The molecule has 1 rings (SSSR count). The van der Waals surface area contributed by atoms with Crippen LogP contribution in [-0.4, -0.2) is 51.5 Å². The fourth-order valence-electron chi connectivity index (χ4n) is 2.15. The van der Waals surface area contributed by atoms with Gasteiger partial charge in [0.25, 0.3) is 0 Å². The summed E-state index contributed by atoms with van der Waals surface area (Å²) in [6.07, 6.45) is 5.79. The number of aliphatic hydroxyl groups excluding tert-OH is 1. The molecule has 116 valence electrons. The molecule has 0 aromatic heterocycles. The molecule has 0 aromatic carbocycles. The van der Waals surface area contributed by atoms with E-state index in [1.165, 1.54) is 21.3 Å². The van der Waals surface area contributed by atoms with Crippen molar-refractivity contribution in [2.24, 2.45) is 11.8 Å². The molecule has 0 aliphatic heterocycles. The average Bonchev–Trinajstić information content (AvgIpc) is 2.51. The zero-order valence-corrected chi connectivity index (χ0v) is 13.0. The van der Waals surface area contributed by atoms with Crippen molar-refractivity contribution in [3.63, 3.8) is 0 Å². The molecule has 7 heteroatoms. The second-order valence-electron chi connectivity index (χ2n) is 4.50. The summed E-state index contributed by atoms with van der Waals surface area (Å²) in [4.78, 5) is 11.7. The van der Waals surface area contributed by atoms with E-state index >= 15 is 0 Å². The number of aliphatic hydroxyl groups is 1. The molecule has 1 N–H and O–H groups in total. The van der Waals surface area contributed by atoms with Gasteiger partial charge in [-0.25, -0.2) is 4.79 Å². The van der Waals surface area contributed by atoms with E-state index in [-0.39, 0.29) is 18.4 Å². The zero-order valence-electron chi connectivity index (χ0n) is 12.2. The Morgan fingerprint density at radius 1 is 1.25 bits per heavy atom. The third kappa shape index (κ3) is 4.79. The maximum Gasteiger partial charge on any atom is 0.344 e. The Bertz CT molecular complexity index is 318. The topological polar surface area (TPSA) is 74.2 Å². The molecule has 1 aliphatic rings. The minimum absolute atomic E-state index is 0.116. The number of ether oxygens (including phenoxy) is 2. The minimum Gasteiger partial charge on any atom is -0.467 e. The molecule has 0 bridgehead atoms. The molecule has 0 saturated heterocycles. The van der Waals surface area contributed by atoms with Gasteiger partial charge >= 0.3 is 5.97 Å². The molecule has 0 radical (unpaired) electrons. The van der Waals surface area contributed by atoms with Crippen LogP contribution in [0.1, 0.15) is 12.8 Å². The molecule has 20 heavy (non-hydrogen) atoms. The SMILES string of the molecule is COC(=O)C(OCC1CC=CC[C@@H]1CO)P(OC)OC. The summed E-state index contributed by atoms with van der Waals surface area (Å²) in [5.41, 5.74) is 0. The lowest BCUT2D eigenvalue weighted by molar-refractivity contribution is -0.150. The highest BCUT2D eigenvalue weighted by atomic mass is 31.2. The van der Waals surface area contributed by atoms with Gasteiger partial charge < -0.3 is 23.6 Å². The van der Waals surface area contributed by atoms with E-state index in [9.17, 15) is 9.90 Å². The third-order valence-electron chi connectivity index (χ3n) is 3.37. The smallest absolute Gasteiger partial charge is 0.344 e. The molecule has 0 heterocycles. The largest absolute Gasteiger partial charge is 0.467 e. The number of hydrogen-bond acceptors (Lipinski definition) is 6. The molecular weight excluding hydrogens is 283 g/mol. The maximum absolute atomic E-state index is 11.7. The van der Waals surface area contributed by atoms with Gasteiger partial charge in [-0.1, -0.05) is 12.2 Å². The third-order valence-corrected chi connectivity index (χ3v) is 4.83. The zero-order chi connectivity index (χ0) is 15.0. The first kappa shape index (κ1) is 17.5. The van der Waals surface area contributed by atoms with Crippen molar-refractivity contribution in [3.05, 3.63) is 12.2 Å². The molecule has 1 aliphatic carbocycles. The molecule has 6 nitrogen and oxygen atoms in total. The molecule has 2 unspecified atom stereocenters. The standard InChI is InChI=1S/C13H23O6P/c1-16-12(15)13(20(17-2)18-3)19-9-11-7-5-4-6-10(11)8-14/h4-5,10-11,13-14H,6-9H2,1-3H3/t10-,11?,13?/m1/s1. The van der Waals surface area contributed by atoms with Crippen LogP contribution in [0.5, 0.6) is 0 Å². The normalized spacial score (nSPS) is 23.9. The van der Waals surface area contributed by atoms with Crippen molar-refractivity contribution in [1.82, 2.24) is 0 Å². The monoisotopic (exact) mass is 306 g/mol. The van der Waals surface area contributed by atoms with E-state index in [0.29, 0.717) is 6.61 Å². The van der Waals surface area contributed by atoms with Crippen LogP contribution >= 0.6 is 8.38 Å². The highest BCUT2D eigenvalue weighted by molar-refractivity contribution is 7.49. The van der Waals surface area contributed by atoms with E-state index in [0.717, 1.165) is 12.8 Å². The number of carbonyl (C=O) groups is 1. The van der Waals surface area contributed by atoms with Crippen LogP contribution in [0.15, 0.2) is 12.2 Å². The van der Waals surface area contributed by atoms with Crippen LogP contribution in [-0.2, 0) is 23.3 Å². The molecule has 0 fully saturated rings. The quantitative estimate of drug-likeness (QED) is 0.418. The van der Waals surface area contributed by atoms with E-state index in [4.69, 9.17) is 18.5 Å². The van der Waals surface area contributed by atoms with Crippen LogP contribution in [0, 0.1) is 11.8 Å². The number of methoxy groups -OCH3 is 1. The summed E-state index contributed by atoms with van der Waals surface area (Å²) < 4.78 is 20.7. The lowest BCUT2D eigenvalue weighted by Crippen LogP contribution is -2.31. The van der Waals surface area contributed by atoms with Crippen LogP contribution in [0.25, 0.3) is 0 Å². The highest BCUT2D eigenvalue weighted by Crippen LogP contribution is 2.43. The number of esters is 1. The fourth-order valence-corrected chi connectivity index (χ4v) is 3.17. The lowest BCUT2D eigenvalue weighted by Gasteiger charge is -2.29. The highest BCUT2D eigenvalue weighted by Gasteiger charge is 2.33. The number of allylic oxidation sites excluding steroid dienone is 2. The predicted octanol–water partition coefficient (Wildman–Crippen LogP) is 1.68. The molecular formula is C13H23O6P. The van der Waals surface area contributed by atoms with Crippen molar-refractivity contribution >= 4 is 14.3 Å². The lowest BCUT2D eigenvalue weighted by atomic mass is 9.84. The summed E-state index contributed by atoms with van der Waals surface area (Å²) >= 11 is 0. The molecule has 0 saturated carbocycles. The van der Waals surface area contributed by atoms with Gasteiger partial charge in [-0.15, -0.1) is 0 Å². The van der Waals surface area contributed by atoms with Crippen molar-refractivity contribution < 1.29 is 28.4 Å². The van der Waals surface area contributed by atoms with Crippen molar-refractivity contribution in [2.75, 3.05) is 34.5 Å². The predicted molar refractivity (Wildman–Crippen MR) is 75.1 cm³/mol. The first-order valence-corrected chi connectivity index (χ1v) is 7.75. The Morgan fingerprint density at radius 2 is 1.85 bits per heavy atom. The van der Waals surface area contributed by atoms with Crippen molar-refractivity contribution in [2.45, 2.75) is 18.7 Å². The van der Waals surface area contributed by atoms with Gasteiger partial charge in [-0.2, -0.15) is 0 Å². The van der Waals surface area contributed by atoms with Gasteiger partial charge in [0.1, 0.15) is 0 Å². The Labute approximate surface area is 121 Å². The Morgan fingerprint density at radius 3 is 2.35 bits per heavy atom. The fraction of sp³-hybridized carbons (Fsp3) is 0.769. The summed E-state index contributed by atoms with van der Waals surface area (Å²) in [5, 5.41) is 9.36. The Kier molecular flexibility index (Phi) is 8.26. The van der Waals surface area contributed by atoms with E-state index in [2.05, 4.69) is 12.2 Å². The van der Waals surface area contributed by atoms with E-state index < -0.39 is 20.2 Å². The van der Waals surface area contributed by atoms with Gasteiger partial charge in [0.2, 0.25) is 14.2 Å². The first-order valence-electron chi connectivity index (χ1n) is 6.50. The van der Waals surface area contributed by atoms with E-state index in [1.807, 2.05) is 0 Å². The summed E-state index contributed by atoms with van der Waals surface area (Å²) in [7, 11) is 2.75. The van der Waals surface area contributed by atoms with Crippen LogP contribution in [0.2, 0.25) is 0 Å². The molecule has 3 atom stereocenters. The number of hydrogen-bond donors (Lipinski definition) is 1. The van der Waals surface area contributed by atoms with Crippen LogP contribution < -0.4 is 0 Å². The molecule has 0 amide bonds. The van der Waals surface area contributed by atoms with E-state index in [1.54, 1.807) is 0 Å². The van der Waals surface area contributed by atoms with Gasteiger partial charge in [-0.05, 0) is 24.7 Å². The molecule has 0 spiro atoms. The minimum atomic E-state index is -1.49. The second kappa shape index (κ2) is 9.42. The van der Waals surface area contributed by atoms with Gasteiger partial charge in [0, 0.05) is 20.8 Å². The van der Waals surface area contributed by atoms with Crippen molar-refractivity contribution in [1.29, 1.82) is 0 Å². The number of carbonyl (C=O) groups excluding carboxylic acids is 1. The van der Waals surface area contributed by atoms with Gasteiger partial charge in [0.15, 0.2) is 0 Å². The second-order valence-corrected chi connectivity index (χ2v) is 6.27. The Balaban J connectivity index is 2.61. The summed E-state index contributed by atoms with van der Waals surface area (Å²) in [6, 6.07) is 0. The van der Waals surface area contributed by atoms with Crippen molar-refractivity contribution in [3.8, 4) is 0 Å². The maximum atomic E-state index is 11.7. The molecule has 0 aromatic rings. The summed E-state index contributed by atoms with van der Waals surface area (Å²) in [6.45, 7) is 0.478. The van der Waals surface area contributed by atoms with Crippen LogP contribution in [0.4, 0.5) is 0 Å².